The van der Waals surface area contributed by atoms with Crippen LogP contribution in [0.3, 0.4) is 0 Å². The van der Waals surface area contributed by atoms with Crippen LogP contribution >= 0.6 is 0 Å². The second-order valence-electron chi connectivity index (χ2n) is 5.86. The largest absolute Gasteiger partial charge is 0.356 e. The van der Waals surface area contributed by atoms with Crippen LogP contribution in [0.1, 0.15) is 44.9 Å². The monoisotopic (exact) mass is 274 g/mol. The van der Waals surface area contributed by atoms with E-state index >= 15 is 0 Å². The van der Waals surface area contributed by atoms with Crippen molar-refractivity contribution in [2.75, 3.05) is 23.3 Å². The minimum absolute atomic E-state index is 0.0861. The number of carbonyl (C=O) groups is 1. The summed E-state index contributed by atoms with van der Waals surface area (Å²) in [4.78, 5) is 22.7. The van der Waals surface area contributed by atoms with Gasteiger partial charge < -0.3 is 10.2 Å². The first kappa shape index (κ1) is 13.3. The van der Waals surface area contributed by atoms with Gasteiger partial charge in [-0.3, -0.25) is 4.79 Å². The fourth-order valence-electron chi connectivity index (χ4n) is 3.21. The Kier molecular flexibility index (Phi) is 4.14. The molecule has 3 rings (SSSR count). The maximum atomic E-state index is 12.0. The average Bonchev–Trinajstić information content (AvgIpc) is 3.11. The Balaban J connectivity index is 1.58. The highest BCUT2D eigenvalue weighted by Crippen LogP contribution is 2.27. The second kappa shape index (κ2) is 6.20. The summed E-state index contributed by atoms with van der Waals surface area (Å²) >= 11 is 0. The summed E-state index contributed by atoms with van der Waals surface area (Å²) in [6, 6.07) is 1.89. The molecular formula is C15H22N4O. The molecular weight excluding hydrogens is 252 g/mol. The molecule has 1 aromatic rings. The maximum Gasteiger partial charge on any atom is 0.225 e. The number of aromatic nitrogens is 2. The highest BCUT2D eigenvalue weighted by molar-refractivity contribution is 5.90. The molecule has 1 aromatic heterocycles. The quantitative estimate of drug-likeness (QED) is 0.917. The molecule has 5 nitrogen and oxygen atoms in total. The van der Waals surface area contributed by atoms with E-state index in [0.717, 1.165) is 18.9 Å². The lowest BCUT2D eigenvalue weighted by Gasteiger charge is -2.16. The molecule has 108 valence electrons. The van der Waals surface area contributed by atoms with Gasteiger partial charge in [-0.15, -0.1) is 0 Å². The van der Waals surface area contributed by atoms with Gasteiger partial charge in [0.2, 0.25) is 5.91 Å². The molecule has 0 aromatic carbocycles. The Morgan fingerprint density at radius 2 is 1.95 bits per heavy atom. The van der Waals surface area contributed by atoms with E-state index in [1.165, 1.54) is 38.5 Å². The number of carbonyl (C=O) groups excluding carboxylic acids is 1. The topological polar surface area (TPSA) is 58.1 Å². The van der Waals surface area contributed by atoms with Crippen molar-refractivity contribution in [3.8, 4) is 0 Å². The summed E-state index contributed by atoms with van der Waals surface area (Å²) in [5, 5.41) is 2.92. The van der Waals surface area contributed by atoms with E-state index in [4.69, 9.17) is 0 Å². The molecule has 0 spiro atoms. The lowest BCUT2D eigenvalue weighted by atomic mass is 10.0. The molecule has 2 heterocycles. The van der Waals surface area contributed by atoms with Gasteiger partial charge in [-0.1, -0.05) is 12.8 Å². The zero-order valence-corrected chi connectivity index (χ0v) is 11.8. The summed E-state index contributed by atoms with van der Waals surface area (Å²) in [6.07, 6.45) is 9.52. The van der Waals surface area contributed by atoms with Gasteiger partial charge in [0.1, 0.15) is 18.0 Å². The summed E-state index contributed by atoms with van der Waals surface area (Å²) in [7, 11) is 0. The number of hydrogen-bond acceptors (Lipinski definition) is 4. The van der Waals surface area contributed by atoms with Crippen LogP contribution in [0.2, 0.25) is 0 Å². The van der Waals surface area contributed by atoms with Crippen molar-refractivity contribution < 1.29 is 4.79 Å². The number of nitrogens with zero attached hydrogens (tertiary/aromatic N) is 3. The van der Waals surface area contributed by atoms with Gasteiger partial charge in [0.25, 0.3) is 0 Å². The van der Waals surface area contributed by atoms with Crippen molar-refractivity contribution in [1.82, 2.24) is 9.97 Å². The Bertz CT molecular complexity index is 465. The SMILES string of the molecule is O=C(CC1CCCC1)Nc1cc(N2CCCC2)ncn1. The first-order chi connectivity index (χ1) is 9.81. The average molecular weight is 274 g/mol. The van der Waals surface area contributed by atoms with Crippen molar-refractivity contribution >= 4 is 17.5 Å². The molecule has 1 aliphatic heterocycles. The molecule has 0 radical (unpaired) electrons. The van der Waals surface area contributed by atoms with E-state index in [0.29, 0.717) is 18.2 Å². The van der Waals surface area contributed by atoms with Crippen LogP contribution < -0.4 is 10.2 Å². The van der Waals surface area contributed by atoms with Crippen LogP contribution in [0, 0.1) is 5.92 Å². The number of hydrogen-bond donors (Lipinski definition) is 1. The molecule has 1 N–H and O–H groups in total. The Morgan fingerprint density at radius 1 is 1.20 bits per heavy atom. The molecule has 1 saturated carbocycles. The molecule has 2 aliphatic rings. The lowest BCUT2D eigenvalue weighted by Crippen LogP contribution is -2.20. The number of anilines is 2. The molecule has 0 atom stereocenters. The fraction of sp³-hybridized carbons (Fsp3) is 0.667. The normalized spacial score (nSPS) is 19.5. The molecule has 0 unspecified atom stereocenters. The number of nitrogens with one attached hydrogen (secondary N) is 1. The van der Waals surface area contributed by atoms with Crippen LogP contribution in [0.25, 0.3) is 0 Å². The van der Waals surface area contributed by atoms with E-state index in [1.54, 1.807) is 6.33 Å². The summed E-state index contributed by atoms with van der Waals surface area (Å²) in [6.45, 7) is 2.10. The van der Waals surface area contributed by atoms with Gasteiger partial charge in [-0.25, -0.2) is 9.97 Å². The van der Waals surface area contributed by atoms with Crippen molar-refractivity contribution in [2.24, 2.45) is 5.92 Å². The van der Waals surface area contributed by atoms with Crippen LogP contribution in [0.15, 0.2) is 12.4 Å². The molecule has 1 saturated heterocycles. The van der Waals surface area contributed by atoms with E-state index < -0.39 is 0 Å². The minimum atomic E-state index is 0.0861. The molecule has 20 heavy (non-hydrogen) atoms. The van der Waals surface area contributed by atoms with Gasteiger partial charge in [-0.05, 0) is 31.6 Å². The molecule has 2 fully saturated rings. The first-order valence-electron chi connectivity index (χ1n) is 7.68. The Morgan fingerprint density at radius 3 is 2.70 bits per heavy atom. The third-order valence-corrected chi connectivity index (χ3v) is 4.30. The third-order valence-electron chi connectivity index (χ3n) is 4.30. The lowest BCUT2D eigenvalue weighted by molar-refractivity contribution is -0.117. The fourth-order valence-corrected chi connectivity index (χ4v) is 3.21. The second-order valence-corrected chi connectivity index (χ2v) is 5.86. The molecule has 5 heteroatoms. The molecule has 1 amide bonds. The van der Waals surface area contributed by atoms with Gasteiger partial charge >= 0.3 is 0 Å². The summed E-state index contributed by atoms with van der Waals surface area (Å²) < 4.78 is 0. The first-order valence-corrected chi connectivity index (χ1v) is 7.68. The van der Waals surface area contributed by atoms with Crippen LogP contribution in [-0.2, 0) is 4.79 Å². The summed E-state index contributed by atoms with van der Waals surface area (Å²) in [5.74, 6) is 2.21. The third kappa shape index (κ3) is 3.26. The van der Waals surface area contributed by atoms with E-state index in [1.807, 2.05) is 6.07 Å². The maximum absolute atomic E-state index is 12.0. The standard InChI is InChI=1S/C15H22N4O/c20-15(9-12-5-1-2-6-12)18-13-10-14(17-11-16-13)19-7-3-4-8-19/h10-12H,1-9H2,(H,16,17,18,20). The zero-order chi connectivity index (χ0) is 13.8. The van der Waals surface area contributed by atoms with Gasteiger partial charge in [0.05, 0.1) is 0 Å². The van der Waals surface area contributed by atoms with Crippen molar-refractivity contribution in [3.63, 3.8) is 0 Å². The van der Waals surface area contributed by atoms with E-state index in [9.17, 15) is 4.79 Å². The van der Waals surface area contributed by atoms with Crippen LogP contribution in [0.4, 0.5) is 11.6 Å². The predicted molar refractivity (Wildman–Crippen MR) is 78.7 cm³/mol. The number of rotatable bonds is 4. The van der Waals surface area contributed by atoms with Crippen molar-refractivity contribution in [1.29, 1.82) is 0 Å². The van der Waals surface area contributed by atoms with Crippen LogP contribution in [-0.4, -0.2) is 29.0 Å². The molecule has 1 aliphatic carbocycles. The van der Waals surface area contributed by atoms with Gasteiger partial charge in [-0.2, -0.15) is 0 Å². The zero-order valence-electron chi connectivity index (χ0n) is 11.8. The minimum Gasteiger partial charge on any atom is -0.356 e. The van der Waals surface area contributed by atoms with Crippen molar-refractivity contribution in [2.45, 2.75) is 44.9 Å². The Labute approximate surface area is 119 Å². The predicted octanol–water partition coefficient (Wildman–Crippen LogP) is 2.60. The van der Waals surface area contributed by atoms with Gasteiger partial charge in [0.15, 0.2) is 0 Å². The summed E-state index contributed by atoms with van der Waals surface area (Å²) in [5.41, 5.74) is 0. The van der Waals surface area contributed by atoms with Crippen molar-refractivity contribution in [3.05, 3.63) is 12.4 Å². The van der Waals surface area contributed by atoms with Crippen LogP contribution in [0.5, 0.6) is 0 Å². The Hall–Kier alpha value is -1.65. The van der Waals surface area contributed by atoms with E-state index in [-0.39, 0.29) is 5.91 Å². The highest BCUT2D eigenvalue weighted by Gasteiger charge is 2.19. The smallest absolute Gasteiger partial charge is 0.225 e. The molecule has 0 bridgehead atoms. The van der Waals surface area contributed by atoms with E-state index in [2.05, 4.69) is 20.2 Å². The number of amides is 1. The van der Waals surface area contributed by atoms with Gasteiger partial charge in [0, 0.05) is 25.6 Å². The highest BCUT2D eigenvalue weighted by atomic mass is 16.1.